The van der Waals surface area contributed by atoms with E-state index >= 15 is 0 Å². The van der Waals surface area contributed by atoms with Crippen molar-refractivity contribution < 1.29 is 13.2 Å². The molecule has 7 nitrogen and oxygen atoms in total. The van der Waals surface area contributed by atoms with Crippen LogP contribution in [0.1, 0.15) is 12.2 Å². The van der Waals surface area contributed by atoms with Crippen molar-refractivity contribution in [1.29, 1.82) is 0 Å². The average molecular weight is 425 g/mol. The van der Waals surface area contributed by atoms with E-state index in [1.807, 2.05) is 24.3 Å². The van der Waals surface area contributed by atoms with E-state index in [1.165, 1.54) is 0 Å². The Labute approximate surface area is 151 Å². The summed E-state index contributed by atoms with van der Waals surface area (Å²) in [5.74, 6) is -0.175. The van der Waals surface area contributed by atoms with E-state index in [1.54, 1.807) is 12.1 Å². The number of hydrogen-bond acceptors (Lipinski definition) is 7. The molecule has 0 aliphatic heterocycles. The second-order valence-electron chi connectivity index (χ2n) is 4.76. The number of aromatic nitrogens is 6. The van der Waals surface area contributed by atoms with E-state index in [2.05, 4.69) is 41.4 Å². The molecular formula is C14H7BrF2N6OS. The van der Waals surface area contributed by atoms with Gasteiger partial charge in [0.25, 0.3) is 11.6 Å². The van der Waals surface area contributed by atoms with Crippen LogP contribution in [0.4, 0.5) is 8.78 Å². The maximum atomic E-state index is 12.9. The Morgan fingerprint density at radius 2 is 1.88 bits per heavy atom. The van der Waals surface area contributed by atoms with Gasteiger partial charge >= 0.3 is 0 Å². The van der Waals surface area contributed by atoms with Crippen LogP contribution >= 0.6 is 27.7 Å². The smallest absolute Gasteiger partial charge is 0.299 e. The minimum atomic E-state index is -2.77. The van der Waals surface area contributed by atoms with Gasteiger partial charge in [-0.1, -0.05) is 12.1 Å². The van der Waals surface area contributed by atoms with Gasteiger partial charge < -0.3 is 4.42 Å². The van der Waals surface area contributed by atoms with Gasteiger partial charge in [-0.2, -0.15) is 9.61 Å². The van der Waals surface area contributed by atoms with Crippen molar-refractivity contribution in [3.8, 4) is 11.5 Å². The van der Waals surface area contributed by atoms with Crippen LogP contribution in [-0.4, -0.2) is 30.0 Å². The highest BCUT2D eigenvalue weighted by molar-refractivity contribution is 9.10. The van der Waals surface area contributed by atoms with Crippen LogP contribution in [0.15, 0.2) is 55.5 Å². The predicted molar refractivity (Wildman–Crippen MR) is 87.3 cm³/mol. The molecule has 25 heavy (non-hydrogen) atoms. The van der Waals surface area contributed by atoms with Crippen molar-refractivity contribution in [2.75, 3.05) is 0 Å². The Hall–Kier alpha value is -2.40. The summed E-state index contributed by atoms with van der Waals surface area (Å²) in [4.78, 5) is 0. The Morgan fingerprint density at radius 3 is 2.68 bits per heavy atom. The Kier molecular flexibility index (Phi) is 4.17. The molecule has 0 bridgehead atoms. The molecule has 0 fully saturated rings. The molecule has 11 heteroatoms. The third kappa shape index (κ3) is 3.12. The highest BCUT2D eigenvalue weighted by Gasteiger charge is 2.18. The number of nitrogens with zero attached hydrogens (tertiary/aromatic N) is 6. The first-order valence-electron chi connectivity index (χ1n) is 6.88. The third-order valence-corrected chi connectivity index (χ3v) is 4.62. The van der Waals surface area contributed by atoms with Crippen molar-refractivity contribution in [3.63, 3.8) is 0 Å². The van der Waals surface area contributed by atoms with Gasteiger partial charge in [0.05, 0.1) is 5.56 Å². The number of hydrogen-bond donors (Lipinski definition) is 0. The first-order valence-corrected chi connectivity index (χ1v) is 8.49. The van der Waals surface area contributed by atoms with Crippen LogP contribution in [-0.2, 0) is 0 Å². The van der Waals surface area contributed by atoms with Crippen LogP contribution in [0.3, 0.4) is 0 Å². The standard InChI is InChI=1S/C14H7BrF2N6OS/c15-8-4-2-1-3-7(8)13-20-21-14(24-13)25-10-6-5-9-18-19-12(11(16)17)23(9)22-10/h1-6,11H. The second-order valence-corrected chi connectivity index (χ2v) is 6.58. The lowest BCUT2D eigenvalue weighted by atomic mass is 10.2. The van der Waals surface area contributed by atoms with Gasteiger partial charge in [0.2, 0.25) is 11.7 Å². The summed E-state index contributed by atoms with van der Waals surface area (Å²) in [6.07, 6.45) is -2.77. The SMILES string of the molecule is FC(F)c1nnc2ccc(Sc3nnc(-c4ccccc4Br)o3)nn12. The quantitative estimate of drug-likeness (QED) is 0.488. The van der Waals surface area contributed by atoms with Crippen molar-refractivity contribution in [3.05, 3.63) is 46.7 Å². The summed E-state index contributed by atoms with van der Waals surface area (Å²) in [7, 11) is 0. The van der Waals surface area contributed by atoms with Crippen LogP contribution in [0.2, 0.25) is 0 Å². The number of alkyl halides is 2. The van der Waals surface area contributed by atoms with E-state index in [-0.39, 0.29) is 10.9 Å². The van der Waals surface area contributed by atoms with Crippen LogP contribution in [0.5, 0.6) is 0 Å². The molecule has 0 saturated carbocycles. The minimum absolute atomic E-state index is 0.235. The molecule has 0 radical (unpaired) electrons. The summed E-state index contributed by atoms with van der Waals surface area (Å²) in [5, 5.41) is 19.8. The van der Waals surface area contributed by atoms with E-state index in [0.29, 0.717) is 10.9 Å². The molecule has 1 aromatic carbocycles. The topological polar surface area (TPSA) is 82.0 Å². The van der Waals surface area contributed by atoms with Crippen LogP contribution < -0.4 is 0 Å². The summed E-state index contributed by atoms with van der Waals surface area (Å²) in [6, 6.07) is 10.6. The maximum absolute atomic E-state index is 12.9. The molecule has 0 N–H and O–H groups in total. The largest absolute Gasteiger partial charge is 0.411 e. The second kappa shape index (κ2) is 6.48. The van der Waals surface area contributed by atoms with Gasteiger partial charge in [-0.25, -0.2) is 8.78 Å². The van der Waals surface area contributed by atoms with Gasteiger partial charge in [-0.05, 0) is 52.0 Å². The van der Waals surface area contributed by atoms with Gasteiger partial charge in [-0.15, -0.1) is 20.4 Å². The summed E-state index contributed by atoms with van der Waals surface area (Å²) in [6.45, 7) is 0. The summed E-state index contributed by atoms with van der Waals surface area (Å²) >= 11 is 4.48. The van der Waals surface area contributed by atoms with Crippen molar-refractivity contribution in [2.45, 2.75) is 16.7 Å². The van der Waals surface area contributed by atoms with Gasteiger partial charge in [-0.3, -0.25) is 0 Å². The number of rotatable bonds is 4. The molecule has 0 amide bonds. The van der Waals surface area contributed by atoms with Crippen molar-refractivity contribution in [1.82, 2.24) is 30.0 Å². The molecule has 0 saturated heterocycles. The number of benzene rings is 1. The average Bonchev–Trinajstić information content (AvgIpc) is 3.22. The Morgan fingerprint density at radius 1 is 1.04 bits per heavy atom. The lowest BCUT2D eigenvalue weighted by Crippen LogP contribution is -2.00. The van der Waals surface area contributed by atoms with E-state index in [0.717, 1.165) is 26.3 Å². The van der Waals surface area contributed by atoms with Gasteiger partial charge in [0.1, 0.15) is 5.03 Å². The highest BCUT2D eigenvalue weighted by Crippen LogP contribution is 2.31. The minimum Gasteiger partial charge on any atom is -0.411 e. The molecule has 0 atom stereocenters. The molecular weight excluding hydrogens is 418 g/mol. The van der Waals surface area contributed by atoms with E-state index < -0.39 is 12.2 Å². The maximum Gasteiger partial charge on any atom is 0.299 e. The van der Waals surface area contributed by atoms with Crippen molar-refractivity contribution in [2.24, 2.45) is 0 Å². The van der Waals surface area contributed by atoms with Crippen LogP contribution in [0, 0.1) is 0 Å². The zero-order valence-corrected chi connectivity index (χ0v) is 14.6. The zero-order valence-electron chi connectivity index (χ0n) is 12.2. The van der Waals surface area contributed by atoms with Gasteiger partial charge in [0.15, 0.2) is 5.65 Å². The lowest BCUT2D eigenvalue weighted by Gasteiger charge is -2.00. The fourth-order valence-electron chi connectivity index (χ4n) is 2.06. The monoisotopic (exact) mass is 424 g/mol. The first-order chi connectivity index (χ1) is 12.1. The number of fused-ring (bicyclic) bond motifs is 1. The number of halogens is 3. The molecule has 0 aliphatic carbocycles. The predicted octanol–water partition coefficient (Wildman–Crippen LogP) is 4.03. The molecule has 4 rings (SSSR count). The normalized spacial score (nSPS) is 11.5. The molecule has 126 valence electrons. The molecule has 3 aromatic heterocycles. The molecule has 4 aromatic rings. The third-order valence-electron chi connectivity index (χ3n) is 3.16. The van der Waals surface area contributed by atoms with Crippen LogP contribution in [0.25, 0.3) is 17.1 Å². The van der Waals surface area contributed by atoms with Crippen molar-refractivity contribution >= 4 is 33.3 Å². The Balaban J connectivity index is 1.64. The molecule has 3 heterocycles. The Bertz CT molecular complexity index is 1050. The fraction of sp³-hybridized carbons (Fsp3) is 0.0714. The highest BCUT2D eigenvalue weighted by atomic mass is 79.9. The van der Waals surface area contributed by atoms with E-state index in [9.17, 15) is 8.78 Å². The lowest BCUT2D eigenvalue weighted by molar-refractivity contribution is 0.137. The summed E-state index contributed by atoms with van der Waals surface area (Å²) < 4.78 is 33.2. The molecule has 0 aliphatic rings. The summed E-state index contributed by atoms with van der Waals surface area (Å²) in [5.41, 5.74) is 0.989. The fourth-order valence-corrected chi connectivity index (χ4v) is 3.16. The zero-order chi connectivity index (χ0) is 17.4. The molecule has 0 unspecified atom stereocenters. The molecule has 0 spiro atoms. The first kappa shape index (κ1) is 16.1. The van der Waals surface area contributed by atoms with E-state index in [4.69, 9.17) is 4.42 Å². The van der Waals surface area contributed by atoms with Gasteiger partial charge in [0, 0.05) is 4.47 Å².